The van der Waals surface area contributed by atoms with Crippen molar-refractivity contribution in [3.63, 3.8) is 0 Å². The van der Waals surface area contributed by atoms with Crippen molar-refractivity contribution in [1.29, 1.82) is 0 Å². The van der Waals surface area contributed by atoms with E-state index in [1.54, 1.807) is 43.3 Å². The summed E-state index contributed by atoms with van der Waals surface area (Å²) in [6, 6.07) is 13.1. The monoisotopic (exact) mass is 348 g/mol. The third-order valence-electron chi connectivity index (χ3n) is 3.58. The number of carbonyl (C=O) groups is 1. The Labute approximate surface area is 142 Å². The van der Waals surface area contributed by atoms with Crippen molar-refractivity contribution < 1.29 is 22.1 Å². The quantitative estimate of drug-likeness (QED) is 0.567. The molecule has 0 amide bonds. The van der Waals surface area contributed by atoms with E-state index in [-0.39, 0.29) is 17.3 Å². The van der Waals surface area contributed by atoms with Crippen LogP contribution >= 0.6 is 0 Å². The molecular formula is C18H20O5S. The predicted molar refractivity (Wildman–Crippen MR) is 90.8 cm³/mol. The highest BCUT2D eigenvalue weighted by atomic mass is 32.2. The highest BCUT2D eigenvalue weighted by Crippen LogP contribution is 2.18. The summed E-state index contributed by atoms with van der Waals surface area (Å²) in [5.41, 5.74) is 1.41. The summed E-state index contributed by atoms with van der Waals surface area (Å²) in [4.78, 5) is 12.5. The second-order valence-corrected chi connectivity index (χ2v) is 7.16. The molecule has 0 N–H and O–H groups in total. The molecule has 1 atom stereocenters. The van der Waals surface area contributed by atoms with Crippen molar-refractivity contribution in [3.8, 4) is 5.75 Å². The fourth-order valence-electron chi connectivity index (χ4n) is 2.10. The first-order valence-electron chi connectivity index (χ1n) is 7.48. The fourth-order valence-corrected chi connectivity index (χ4v) is 3.09. The van der Waals surface area contributed by atoms with E-state index in [9.17, 15) is 13.2 Å². The van der Waals surface area contributed by atoms with Gasteiger partial charge < -0.3 is 4.74 Å². The predicted octanol–water partition coefficient (Wildman–Crippen LogP) is 3.23. The minimum Gasteiger partial charge on any atom is -0.497 e. The van der Waals surface area contributed by atoms with Crippen molar-refractivity contribution >= 4 is 15.9 Å². The molecule has 0 heterocycles. The number of carbonyl (C=O) groups excluding carboxylic acids is 1. The Morgan fingerprint density at radius 3 is 2.42 bits per heavy atom. The van der Waals surface area contributed by atoms with Gasteiger partial charge in [-0.05, 0) is 31.2 Å². The molecule has 0 aromatic heterocycles. The van der Waals surface area contributed by atoms with E-state index in [2.05, 4.69) is 0 Å². The van der Waals surface area contributed by atoms with Crippen molar-refractivity contribution in [2.45, 2.75) is 18.7 Å². The molecule has 2 rings (SSSR count). The Morgan fingerprint density at radius 1 is 1.12 bits per heavy atom. The zero-order valence-electron chi connectivity index (χ0n) is 13.9. The van der Waals surface area contributed by atoms with Gasteiger partial charge in [0.1, 0.15) is 5.75 Å². The van der Waals surface area contributed by atoms with Gasteiger partial charge in [-0.3, -0.25) is 8.98 Å². The molecule has 2 aromatic rings. The van der Waals surface area contributed by atoms with E-state index in [0.717, 1.165) is 5.56 Å². The maximum absolute atomic E-state index is 12.4. The first kappa shape index (κ1) is 18.2. The lowest BCUT2D eigenvalue weighted by molar-refractivity contribution is 0.0892. The number of methoxy groups -OCH3 is 1. The molecule has 1 unspecified atom stereocenters. The minimum absolute atomic E-state index is 0.0779. The maximum Gasteiger partial charge on any atom is 0.296 e. The van der Waals surface area contributed by atoms with Gasteiger partial charge in [-0.15, -0.1) is 0 Å². The Bertz CT molecular complexity index is 810. The SMILES string of the molecule is COc1cccc(C(=O)C(C)COS(=O)(=O)c2ccc(C)cc2)c1. The molecule has 0 aliphatic rings. The van der Waals surface area contributed by atoms with Gasteiger partial charge in [0, 0.05) is 11.5 Å². The third kappa shape index (κ3) is 4.43. The molecule has 0 radical (unpaired) electrons. The average molecular weight is 348 g/mol. The van der Waals surface area contributed by atoms with Crippen LogP contribution in [0.1, 0.15) is 22.8 Å². The minimum atomic E-state index is -3.88. The van der Waals surface area contributed by atoms with E-state index in [1.807, 2.05) is 6.92 Å². The van der Waals surface area contributed by atoms with Gasteiger partial charge in [0.15, 0.2) is 5.78 Å². The van der Waals surface area contributed by atoms with Gasteiger partial charge in [-0.1, -0.05) is 36.8 Å². The number of aryl methyl sites for hydroxylation is 1. The lowest BCUT2D eigenvalue weighted by atomic mass is 10.0. The number of hydrogen-bond donors (Lipinski definition) is 0. The average Bonchev–Trinajstić information content (AvgIpc) is 2.59. The number of benzene rings is 2. The van der Waals surface area contributed by atoms with Gasteiger partial charge in [-0.25, -0.2) is 0 Å². The van der Waals surface area contributed by atoms with Gasteiger partial charge >= 0.3 is 0 Å². The first-order valence-corrected chi connectivity index (χ1v) is 8.88. The van der Waals surface area contributed by atoms with Crippen LogP contribution in [0.15, 0.2) is 53.4 Å². The zero-order valence-corrected chi connectivity index (χ0v) is 14.7. The number of ketones is 1. The number of ether oxygens (including phenoxy) is 1. The van der Waals surface area contributed by atoms with Crippen molar-refractivity contribution in [2.75, 3.05) is 13.7 Å². The Morgan fingerprint density at radius 2 is 1.79 bits per heavy atom. The lowest BCUT2D eigenvalue weighted by Crippen LogP contribution is -2.20. The molecule has 0 aliphatic carbocycles. The molecule has 0 aliphatic heterocycles. The summed E-state index contributed by atoms with van der Waals surface area (Å²) in [6.07, 6.45) is 0. The van der Waals surface area contributed by atoms with E-state index in [1.165, 1.54) is 19.2 Å². The molecule has 0 bridgehead atoms. The van der Waals surface area contributed by atoms with Gasteiger partial charge in [-0.2, -0.15) is 8.42 Å². The van der Waals surface area contributed by atoms with Crippen LogP contribution in [-0.2, 0) is 14.3 Å². The van der Waals surface area contributed by atoms with E-state index < -0.39 is 16.0 Å². The number of rotatable bonds is 7. The smallest absolute Gasteiger partial charge is 0.296 e. The second kappa shape index (κ2) is 7.59. The highest BCUT2D eigenvalue weighted by molar-refractivity contribution is 7.86. The van der Waals surface area contributed by atoms with Crippen LogP contribution in [0.25, 0.3) is 0 Å². The second-order valence-electron chi connectivity index (χ2n) is 5.55. The summed E-state index contributed by atoms with van der Waals surface area (Å²) in [5.74, 6) is -0.230. The van der Waals surface area contributed by atoms with Crippen LogP contribution in [0.3, 0.4) is 0 Å². The van der Waals surface area contributed by atoms with Crippen LogP contribution in [0.5, 0.6) is 5.75 Å². The van der Waals surface area contributed by atoms with Crippen LogP contribution < -0.4 is 4.74 Å². The van der Waals surface area contributed by atoms with Gasteiger partial charge in [0.2, 0.25) is 0 Å². The van der Waals surface area contributed by atoms with Gasteiger partial charge in [0.25, 0.3) is 10.1 Å². The molecule has 0 spiro atoms. The Hall–Kier alpha value is -2.18. The first-order chi connectivity index (χ1) is 11.3. The molecule has 128 valence electrons. The normalized spacial score (nSPS) is 12.6. The van der Waals surface area contributed by atoms with Crippen LogP contribution in [-0.4, -0.2) is 27.9 Å². The van der Waals surface area contributed by atoms with Crippen LogP contribution in [0.2, 0.25) is 0 Å². The summed E-state index contributed by atoms with van der Waals surface area (Å²) in [5, 5.41) is 0. The number of hydrogen-bond acceptors (Lipinski definition) is 5. The summed E-state index contributed by atoms with van der Waals surface area (Å²) >= 11 is 0. The molecule has 0 saturated carbocycles. The number of Topliss-reactive ketones (excluding diaryl/α,β-unsaturated/α-hetero) is 1. The zero-order chi connectivity index (χ0) is 17.7. The van der Waals surface area contributed by atoms with E-state index in [0.29, 0.717) is 11.3 Å². The maximum atomic E-state index is 12.4. The van der Waals surface area contributed by atoms with Crippen LogP contribution in [0, 0.1) is 12.8 Å². The topological polar surface area (TPSA) is 69.7 Å². The van der Waals surface area contributed by atoms with Gasteiger partial charge in [0.05, 0.1) is 18.6 Å². The lowest BCUT2D eigenvalue weighted by Gasteiger charge is -2.12. The third-order valence-corrected chi connectivity index (χ3v) is 4.88. The Kier molecular flexibility index (Phi) is 5.75. The van der Waals surface area contributed by atoms with Crippen molar-refractivity contribution in [2.24, 2.45) is 5.92 Å². The standard InChI is InChI=1S/C18H20O5S/c1-13-7-9-17(10-8-13)24(20,21)23-12-14(2)18(19)15-5-4-6-16(11-15)22-3/h4-11,14H,12H2,1-3H3. The van der Waals surface area contributed by atoms with E-state index in [4.69, 9.17) is 8.92 Å². The molecule has 0 fully saturated rings. The molecular weight excluding hydrogens is 328 g/mol. The van der Waals surface area contributed by atoms with Crippen LogP contribution in [0.4, 0.5) is 0 Å². The van der Waals surface area contributed by atoms with E-state index >= 15 is 0 Å². The largest absolute Gasteiger partial charge is 0.497 e. The molecule has 5 nitrogen and oxygen atoms in total. The summed E-state index contributed by atoms with van der Waals surface area (Å²) in [6.45, 7) is 3.28. The fraction of sp³-hybridized carbons (Fsp3) is 0.278. The molecule has 24 heavy (non-hydrogen) atoms. The highest BCUT2D eigenvalue weighted by Gasteiger charge is 2.21. The molecule has 0 saturated heterocycles. The summed E-state index contributed by atoms with van der Waals surface area (Å²) < 4.78 is 34.4. The Balaban J connectivity index is 2.05. The van der Waals surface area contributed by atoms with Crippen molar-refractivity contribution in [3.05, 3.63) is 59.7 Å². The molecule has 2 aromatic carbocycles. The molecule has 6 heteroatoms. The summed E-state index contributed by atoms with van der Waals surface area (Å²) in [7, 11) is -2.36. The van der Waals surface area contributed by atoms with Crippen molar-refractivity contribution in [1.82, 2.24) is 0 Å².